The molecule has 0 spiro atoms. The van der Waals surface area contributed by atoms with Gasteiger partial charge in [-0.1, -0.05) is 24.3 Å². The molecule has 1 amide bonds. The maximum atomic E-state index is 12.9. The van der Waals surface area contributed by atoms with Crippen molar-refractivity contribution in [3.8, 4) is 0 Å². The molecule has 7 heteroatoms. The fourth-order valence-corrected chi connectivity index (χ4v) is 4.75. The maximum absolute atomic E-state index is 12.9. The number of carbonyl (C=O) groups excluding carboxylic acids is 1. The van der Waals surface area contributed by atoms with Gasteiger partial charge in [-0.25, -0.2) is 13.6 Å². The number of hydrogen-bond donors (Lipinski definition) is 1. The van der Waals surface area contributed by atoms with Crippen LogP contribution in [0, 0.1) is 0 Å². The molecule has 1 saturated heterocycles. The molecule has 1 unspecified atom stereocenters. The zero-order chi connectivity index (χ0) is 19.7. The average Bonchev–Trinajstić information content (AvgIpc) is 2.72. The Morgan fingerprint density at radius 2 is 1.71 bits per heavy atom. The third kappa shape index (κ3) is 3.97. The quantitative estimate of drug-likeness (QED) is 0.856. The zero-order valence-electron chi connectivity index (χ0n) is 15.8. The minimum absolute atomic E-state index is 0.0209. The van der Waals surface area contributed by atoms with Crippen molar-refractivity contribution in [2.75, 3.05) is 19.6 Å². The number of benzene rings is 2. The van der Waals surface area contributed by atoms with E-state index in [1.807, 2.05) is 4.90 Å². The lowest BCUT2D eigenvalue weighted by molar-refractivity contribution is 0.0549. The lowest BCUT2D eigenvalue weighted by Gasteiger charge is -2.41. The van der Waals surface area contributed by atoms with Gasteiger partial charge in [0.05, 0.1) is 4.90 Å². The van der Waals surface area contributed by atoms with Crippen LogP contribution in [0.25, 0.3) is 0 Å². The molecular weight excluding hydrogens is 374 g/mol. The van der Waals surface area contributed by atoms with Crippen LogP contribution in [0.15, 0.2) is 53.4 Å². The molecule has 28 heavy (non-hydrogen) atoms. The van der Waals surface area contributed by atoms with Crippen molar-refractivity contribution >= 4 is 15.9 Å². The molecule has 148 valence electrons. The molecule has 6 nitrogen and oxygen atoms in total. The number of carbonyl (C=O) groups is 1. The van der Waals surface area contributed by atoms with Gasteiger partial charge in [0.25, 0.3) is 5.91 Å². The molecule has 2 heterocycles. The van der Waals surface area contributed by atoms with E-state index in [9.17, 15) is 13.2 Å². The molecule has 4 rings (SSSR count). The topological polar surface area (TPSA) is 83.7 Å². The first-order valence-corrected chi connectivity index (χ1v) is 11.2. The van der Waals surface area contributed by atoms with E-state index in [0.29, 0.717) is 18.2 Å². The van der Waals surface area contributed by atoms with Gasteiger partial charge in [0.15, 0.2) is 0 Å². The second kappa shape index (κ2) is 7.66. The van der Waals surface area contributed by atoms with Crippen molar-refractivity contribution in [2.45, 2.75) is 36.7 Å². The van der Waals surface area contributed by atoms with Gasteiger partial charge in [0.2, 0.25) is 10.0 Å². The van der Waals surface area contributed by atoms with E-state index < -0.39 is 10.0 Å². The van der Waals surface area contributed by atoms with Gasteiger partial charge in [-0.2, -0.15) is 0 Å². The predicted molar refractivity (Wildman–Crippen MR) is 107 cm³/mol. The highest BCUT2D eigenvalue weighted by molar-refractivity contribution is 7.89. The number of piperidine rings is 1. The first-order chi connectivity index (χ1) is 13.4. The average molecular weight is 400 g/mol. The zero-order valence-corrected chi connectivity index (χ0v) is 16.6. The Morgan fingerprint density at radius 3 is 2.43 bits per heavy atom. The van der Waals surface area contributed by atoms with Crippen LogP contribution in [-0.2, 0) is 23.0 Å². The van der Waals surface area contributed by atoms with Crippen LogP contribution in [0.4, 0.5) is 0 Å². The molecule has 2 N–H and O–H groups in total. The van der Waals surface area contributed by atoms with Crippen LogP contribution in [0.5, 0.6) is 0 Å². The fraction of sp³-hybridized carbons (Fsp3) is 0.381. The van der Waals surface area contributed by atoms with Crippen molar-refractivity contribution in [3.05, 3.63) is 65.2 Å². The monoisotopic (exact) mass is 399 g/mol. The third-order valence-electron chi connectivity index (χ3n) is 5.79. The summed E-state index contributed by atoms with van der Waals surface area (Å²) >= 11 is 0. The van der Waals surface area contributed by atoms with E-state index in [2.05, 4.69) is 29.2 Å². The second-order valence-corrected chi connectivity index (χ2v) is 9.17. The summed E-state index contributed by atoms with van der Waals surface area (Å²) in [7, 11) is -3.75. The molecule has 2 aromatic rings. The molecule has 1 fully saturated rings. The van der Waals surface area contributed by atoms with Crippen LogP contribution in [0.2, 0.25) is 0 Å². The smallest absolute Gasteiger partial charge is 0.253 e. The summed E-state index contributed by atoms with van der Waals surface area (Å²) in [5.74, 6) is -0.0527. The number of likely N-dealkylation sites (tertiary alicyclic amines) is 1. The molecule has 2 aromatic carbocycles. The van der Waals surface area contributed by atoms with Crippen molar-refractivity contribution in [3.63, 3.8) is 0 Å². The second-order valence-electron chi connectivity index (χ2n) is 7.61. The summed E-state index contributed by atoms with van der Waals surface area (Å²) in [6.45, 7) is 3.40. The standard InChI is InChI=1S/C21H25N3O3S/c22-28(26,27)20-9-7-17(8-10-20)21(25)24-12-3-6-19(15-24)23-13-11-16-4-1-2-5-18(16)14-23/h1-2,4-5,7-10,19H,3,6,11-15H2,(H2,22,26,27). The highest BCUT2D eigenvalue weighted by Gasteiger charge is 2.30. The van der Waals surface area contributed by atoms with E-state index in [-0.39, 0.29) is 10.8 Å². The van der Waals surface area contributed by atoms with Crippen LogP contribution >= 0.6 is 0 Å². The lowest BCUT2D eigenvalue weighted by Crippen LogP contribution is -2.51. The summed E-state index contributed by atoms with van der Waals surface area (Å²) in [5.41, 5.74) is 3.31. The van der Waals surface area contributed by atoms with Crippen molar-refractivity contribution in [1.29, 1.82) is 0 Å². The number of fused-ring (bicyclic) bond motifs is 1. The normalized spacial score (nSPS) is 20.6. The van der Waals surface area contributed by atoms with E-state index in [1.54, 1.807) is 12.1 Å². The molecule has 0 radical (unpaired) electrons. The lowest BCUT2D eigenvalue weighted by atomic mass is 9.96. The van der Waals surface area contributed by atoms with Crippen molar-refractivity contribution < 1.29 is 13.2 Å². The number of rotatable bonds is 3. The minimum atomic E-state index is -3.75. The molecule has 2 aliphatic heterocycles. The SMILES string of the molecule is NS(=O)(=O)c1ccc(C(=O)N2CCCC(N3CCc4ccccc4C3)C2)cc1. The summed E-state index contributed by atoms with van der Waals surface area (Å²) < 4.78 is 22.8. The molecular formula is C21H25N3O3S. The van der Waals surface area contributed by atoms with Crippen molar-refractivity contribution in [2.24, 2.45) is 5.14 Å². The number of nitrogens with two attached hydrogens (primary N) is 1. The molecule has 0 aromatic heterocycles. The van der Waals surface area contributed by atoms with Gasteiger partial charge < -0.3 is 4.90 Å². The number of nitrogens with zero attached hydrogens (tertiary/aromatic N) is 2. The fourth-order valence-electron chi connectivity index (χ4n) is 4.24. The van der Waals surface area contributed by atoms with Gasteiger partial charge in [-0.3, -0.25) is 9.69 Å². The first kappa shape index (κ1) is 19.1. The van der Waals surface area contributed by atoms with Gasteiger partial charge in [-0.15, -0.1) is 0 Å². The Bertz CT molecular complexity index is 973. The van der Waals surface area contributed by atoms with E-state index in [0.717, 1.165) is 38.9 Å². The number of amides is 1. The molecule has 0 saturated carbocycles. The number of sulfonamides is 1. The van der Waals surface area contributed by atoms with Crippen LogP contribution in [-0.4, -0.2) is 49.8 Å². The highest BCUT2D eigenvalue weighted by atomic mass is 32.2. The summed E-state index contributed by atoms with van der Waals surface area (Å²) in [4.78, 5) is 17.3. The molecule has 1 atom stereocenters. The maximum Gasteiger partial charge on any atom is 0.253 e. The Kier molecular flexibility index (Phi) is 5.23. The first-order valence-electron chi connectivity index (χ1n) is 9.65. The Hall–Kier alpha value is -2.22. The minimum Gasteiger partial charge on any atom is -0.337 e. The molecule has 0 bridgehead atoms. The Balaban J connectivity index is 1.44. The number of primary sulfonamides is 1. The Labute approximate surface area is 166 Å². The molecule has 2 aliphatic rings. The highest BCUT2D eigenvalue weighted by Crippen LogP contribution is 2.25. The Morgan fingerprint density at radius 1 is 1.00 bits per heavy atom. The van der Waals surface area contributed by atoms with E-state index in [4.69, 9.17) is 5.14 Å². The third-order valence-corrected chi connectivity index (χ3v) is 6.72. The van der Waals surface area contributed by atoms with Gasteiger partial charge in [0.1, 0.15) is 0 Å². The van der Waals surface area contributed by atoms with Crippen LogP contribution in [0.1, 0.15) is 34.3 Å². The molecule has 0 aliphatic carbocycles. The largest absolute Gasteiger partial charge is 0.337 e. The van der Waals surface area contributed by atoms with E-state index >= 15 is 0 Å². The summed E-state index contributed by atoms with van der Waals surface area (Å²) in [5, 5.41) is 5.13. The van der Waals surface area contributed by atoms with E-state index in [1.165, 1.54) is 23.3 Å². The number of hydrogen-bond acceptors (Lipinski definition) is 4. The van der Waals surface area contributed by atoms with Crippen LogP contribution in [0.3, 0.4) is 0 Å². The van der Waals surface area contributed by atoms with Crippen LogP contribution < -0.4 is 5.14 Å². The van der Waals surface area contributed by atoms with Gasteiger partial charge in [-0.05, 0) is 54.7 Å². The van der Waals surface area contributed by atoms with Gasteiger partial charge in [0, 0.05) is 37.8 Å². The van der Waals surface area contributed by atoms with Crippen molar-refractivity contribution in [1.82, 2.24) is 9.80 Å². The summed E-state index contributed by atoms with van der Waals surface area (Å²) in [6, 6.07) is 14.8. The van der Waals surface area contributed by atoms with Gasteiger partial charge >= 0.3 is 0 Å². The predicted octanol–water partition coefficient (Wildman–Crippen LogP) is 2.00. The summed E-state index contributed by atoms with van der Waals surface area (Å²) in [6.07, 6.45) is 3.12.